The predicted molar refractivity (Wildman–Crippen MR) is 117 cm³/mol. The van der Waals surface area contributed by atoms with Crippen LogP contribution in [0, 0.1) is 11.3 Å². The van der Waals surface area contributed by atoms with E-state index in [1.54, 1.807) is 43.0 Å². The molecule has 1 amide bonds. The highest BCUT2D eigenvalue weighted by molar-refractivity contribution is 7.81. The molecule has 0 spiro atoms. The predicted octanol–water partition coefficient (Wildman–Crippen LogP) is 4.47. The van der Waals surface area contributed by atoms with Crippen LogP contribution in [-0.2, 0) is 17.6 Å². The summed E-state index contributed by atoms with van der Waals surface area (Å²) in [5.74, 6) is -0.497. The number of amides is 1. The van der Waals surface area contributed by atoms with Gasteiger partial charge < -0.3 is 15.0 Å². The summed E-state index contributed by atoms with van der Waals surface area (Å²) in [6.45, 7) is 3.10. The zero-order valence-corrected chi connectivity index (χ0v) is 17.8. The first-order valence-corrected chi connectivity index (χ1v) is 9.92. The van der Waals surface area contributed by atoms with Gasteiger partial charge in [-0.05, 0) is 67.8 Å². The fourth-order valence-electron chi connectivity index (χ4n) is 3.86. The van der Waals surface area contributed by atoms with Crippen molar-refractivity contribution in [3.63, 3.8) is 0 Å². The number of nitriles is 1. The normalized spacial score (nSPS) is 16.2. The number of benzene rings is 2. The Balaban J connectivity index is 1.80. The lowest BCUT2D eigenvalue weighted by molar-refractivity contribution is -0.137. The van der Waals surface area contributed by atoms with Crippen molar-refractivity contribution < 1.29 is 23.1 Å². The number of hydrogen-bond acceptors (Lipinski definition) is 4. The van der Waals surface area contributed by atoms with Crippen LogP contribution in [0.5, 0.6) is 0 Å². The molecule has 1 aliphatic rings. The molecular weight excluding hydrogens is 441 g/mol. The molecule has 4 rings (SSSR count). The van der Waals surface area contributed by atoms with Crippen LogP contribution in [0.4, 0.5) is 24.5 Å². The van der Waals surface area contributed by atoms with Gasteiger partial charge in [-0.3, -0.25) is 9.69 Å². The second kappa shape index (κ2) is 7.32. The fourth-order valence-corrected chi connectivity index (χ4v) is 4.38. The van der Waals surface area contributed by atoms with Crippen molar-refractivity contribution in [2.75, 3.05) is 9.80 Å². The van der Waals surface area contributed by atoms with Crippen molar-refractivity contribution >= 4 is 45.5 Å². The maximum Gasteiger partial charge on any atom is 0.417 e. The van der Waals surface area contributed by atoms with E-state index in [-0.39, 0.29) is 17.4 Å². The van der Waals surface area contributed by atoms with Gasteiger partial charge >= 0.3 is 6.18 Å². The van der Waals surface area contributed by atoms with Crippen molar-refractivity contribution in [2.24, 2.45) is 0 Å². The number of carbonyl (C=O) groups excluding carboxylic acids is 1. The summed E-state index contributed by atoms with van der Waals surface area (Å²) in [5, 5.41) is 19.3. The van der Waals surface area contributed by atoms with E-state index in [1.165, 1.54) is 12.1 Å². The molecule has 6 nitrogen and oxygen atoms in total. The number of nitrogens with one attached hydrogen (secondary N) is 1. The van der Waals surface area contributed by atoms with Crippen LogP contribution in [0.15, 0.2) is 42.5 Å². The van der Waals surface area contributed by atoms with Gasteiger partial charge in [-0.25, -0.2) is 0 Å². The Morgan fingerprint density at radius 3 is 2.47 bits per heavy atom. The first-order valence-electron chi connectivity index (χ1n) is 9.51. The molecule has 3 aromatic rings. The van der Waals surface area contributed by atoms with Crippen LogP contribution in [0.1, 0.15) is 30.7 Å². The summed E-state index contributed by atoms with van der Waals surface area (Å²) in [6, 6.07) is 11.7. The number of rotatable bonds is 3. The van der Waals surface area contributed by atoms with Crippen molar-refractivity contribution in [2.45, 2.75) is 32.2 Å². The standard InChI is InChI=1S/C22H17F3N4O2S/c1-21(2)19(31)28(15-5-4-13(10-26)17(8-15)22(23,24)25)20(32)29(21)16-6-3-12-7-14(11-30)27-18(12)9-16/h3-9,27,30H,11H2,1-2H3. The summed E-state index contributed by atoms with van der Waals surface area (Å²) in [7, 11) is 0. The van der Waals surface area contributed by atoms with E-state index in [4.69, 9.17) is 17.5 Å². The second-order valence-corrected chi connectivity index (χ2v) is 8.25. The largest absolute Gasteiger partial charge is 0.417 e. The molecule has 2 heterocycles. The van der Waals surface area contributed by atoms with Gasteiger partial charge in [0.1, 0.15) is 5.54 Å². The van der Waals surface area contributed by atoms with Crippen molar-refractivity contribution in [1.82, 2.24) is 4.98 Å². The topological polar surface area (TPSA) is 83.4 Å². The summed E-state index contributed by atoms with van der Waals surface area (Å²) in [5.41, 5.74) is -1.00. The average molecular weight is 458 g/mol. The Kier molecular flexibility index (Phi) is 4.99. The van der Waals surface area contributed by atoms with E-state index in [2.05, 4.69) is 4.98 Å². The van der Waals surface area contributed by atoms with E-state index in [1.807, 2.05) is 0 Å². The van der Waals surface area contributed by atoms with Crippen LogP contribution in [0.25, 0.3) is 10.9 Å². The minimum atomic E-state index is -4.76. The fraction of sp³-hybridized carbons (Fsp3) is 0.227. The number of nitrogens with zero attached hydrogens (tertiary/aromatic N) is 3. The van der Waals surface area contributed by atoms with Crippen LogP contribution in [0.3, 0.4) is 0 Å². The molecule has 32 heavy (non-hydrogen) atoms. The SMILES string of the molecule is CC1(C)C(=O)N(c2ccc(C#N)c(C(F)(F)F)c2)C(=S)N1c1ccc2cc(CO)[nH]c2c1. The average Bonchev–Trinajstić information content (AvgIpc) is 3.22. The summed E-state index contributed by atoms with van der Waals surface area (Å²) >= 11 is 5.54. The van der Waals surface area contributed by atoms with Crippen LogP contribution in [-0.4, -0.2) is 26.6 Å². The third-order valence-corrected chi connectivity index (χ3v) is 5.81. The molecule has 1 aromatic heterocycles. The molecule has 164 valence electrons. The first-order chi connectivity index (χ1) is 15.0. The molecule has 2 N–H and O–H groups in total. The number of thiocarbonyl (C=S) groups is 1. The van der Waals surface area contributed by atoms with Gasteiger partial charge in [-0.1, -0.05) is 6.07 Å². The minimum Gasteiger partial charge on any atom is -0.390 e. The molecule has 0 saturated carbocycles. The highest BCUT2D eigenvalue weighted by Gasteiger charge is 2.50. The maximum absolute atomic E-state index is 13.5. The Bertz CT molecular complexity index is 1310. The van der Waals surface area contributed by atoms with Gasteiger partial charge in [0, 0.05) is 16.9 Å². The quantitative estimate of drug-likeness (QED) is 0.566. The molecule has 0 unspecified atom stereocenters. The van der Waals surface area contributed by atoms with E-state index in [9.17, 15) is 23.1 Å². The number of fused-ring (bicyclic) bond motifs is 1. The second-order valence-electron chi connectivity index (χ2n) is 7.88. The molecule has 0 radical (unpaired) electrons. The number of aromatic amines is 1. The molecular formula is C22H17F3N4O2S. The number of aliphatic hydroxyl groups excluding tert-OH is 1. The molecule has 0 bridgehead atoms. The third-order valence-electron chi connectivity index (χ3n) is 5.45. The Hall–Kier alpha value is -3.42. The van der Waals surface area contributed by atoms with Crippen LogP contribution >= 0.6 is 12.2 Å². The lowest BCUT2D eigenvalue weighted by Crippen LogP contribution is -2.44. The van der Waals surface area contributed by atoms with Gasteiger partial charge in [0.25, 0.3) is 5.91 Å². The Labute approximate surface area is 186 Å². The lowest BCUT2D eigenvalue weighted by Gasteiger charge is -2.29. The summed E-state index contributed by atoms with van der Waals surface area (Å²) in [4.78, 5) is 19.0. The molecule has 0 aliphatic carbocycles. The summed E-state index contributed by atoms with van der Waals surface area (Å²) in [6.07, 6.45) is -4.76. The third kappa shape index (κ3) is 3.30. The van der Waals surface area contributed by atoms with Crippen molar-refractivity contribution in [3.8, 4) is 6.07 Å². The van der Waals surface area contributed by atoms with Crippen LogP contribution < -0.4 is 9.80 Å². The summed E-state index contributed by atoms with van der Waals surface area (Å²) < 4.78 is 40.4. The smallest absolute Gasteiger partial charge is 0.390 e. The first kappa shape index (κ1) is 21.8. The number of carbonyl (C=O) groups is 1. The van der Waals surface area contributed by atoms with E-state index in [0.717, 1.165) is 22.4 Å². The number of anilines is 2. The van der Waals surface area contributed by atoms with E-state index >= 15 is 0 Å². The van der Waals surface area contributed by atoms with Crippen molar-refractivity contribution in [3.05, 3.63) is 59.3 Å². The maximum atomic E-state index is 13.5. The Morgan fingerprint density at radius 1 is 1.16 bits per heavy atom. The molecule has 1 fully saturated rings. The highest BCUT2D eigenvalue weighted by Crippen LogP contribution is 2.40. The van der Waals surface area contributed by atoms with Gasteiger partial charge in [-0.2, -0.15) is 18.4 Å². The molecule has 0 atom stereocenters. The highest BCUT2D eigenvalue weighted by atomic mass is 32.1. The van der Waals surface area contributed by atoms with Crippen LogP contribution in [0.2, 0.25) is 0 Å². The van der Waals surface area contributed by atoms with Gasteiger partial charge in [-0.15, -0.1) is 0 Å². The van der Waals surface area contributed by atoms with Crippen molar-refractivity contribution in [1.29, 1.82) is 5.26 Å². The van der Waals surface area contributed by atoms with E-state index in [0.29, 0.717) is 16.9 Å². The molecule has 1 aliphatic heterocycles. The zero-order chi connectivity index (χ0) is 23.4. The Morgan fingerprint density at radius 2 is 1.84 bits per heavy atom. The number of H-pyrrole nitrogens is 1. The number of halogens is 3. The number of aliphatic hydroxyl groups is 1. The monoisotopic (exact) mass is 458 g/mol. The number of aromatic nitrogens is 1. The number of hydrogen-bond donors (Lipinski definition) is 2. The molecule has 1 saturated heterocycles. The lowest BCUT2D eigenvalue weighted by atomic mass is 10.0. The number of alkyl halides is 3. The molecule has 2 aromatic carbocycles. The van der Waals surface area contributed by atoms with E-state index < -0.39 is 28.7 Å². The molecule has 10 heteroatoms. The minimum absolute atomic E-state index is 0.0196. The zero-order valence-electron chi connectivity index (χ0n) is 17.0. The van der Waals surface area contributed by atoms with Gasteiger partial charge in [0.05, 0.1) is 29.5 Å². The van der Waals surface area contributed by atoms with Gasteiger partial charge in [0.2, 0.25) is 0 Å². The van der Waals surface area contributed by atoms with Gasteiger partial charge in [0.15, 0.2) is 5.11 Å².